The summed E-state index contributed by atoms with van der Waals surface area (Å²) in [6, 6.07) is 5.97. The Hall–Kier alpha value is -3.14. The van der Waals surface area contributed by atoms with E-state index in [1.165, 1.54) is 32.2 Å². The van der Waals surface area contributed by atoms with Crippen LogP contribution in [-0.2, 0) is 4.79 Å². The van der Waals surface area contributed by atoms with Gasteiger partial charge in [-0.2, -0.15) is 0 Å². The fourth-order valence-electron chi connectivity index (χ4n) is 3.09. The van der Waals surface area contributed by atoms with Crippen LogP contribution in [0.1, 0.15) is 20.3 Å². The number of hydrogen-bond donors (Lipinski definition) is 4. The van der Waals surface area contributed by atoms with Gasteiger partial charge in [-0.3, -0.25) is 0 Å². The van der Waals surface area contributed by atoms with E-state index in [0.717, 1.165) is 6.08 Å². The molecule has 0 fully saturated rings. The number of ether oxygens (including phenoxy) is 1. The van der Waals surface area contributed by atoms with Gasteiger partial charge in [-0.1, -0.05) is 0 Å². The van der Waals surface area contributed by atoms with Gasteiger partial charge in [0, 0.05) is 24.1 Å². The highest BCUT2D eigenvalue weighted by Crippen LogP contribution is 2.35. The van der Waals surface area contributed by atoms with Crippen molar-refractivity contribution in [2.75, 3.05) is 6.61 Å². The summed E-state index contributed by atoms with van der Waals surface area (Å²) in [4.78, 5) is 22.4. The van der Waals surface area contributed by atoms with Gasteiger partial charge >= 0.3 is 11.6 Å². The Morgan fingerprint density at radius 1 is 1.23 bits per heavy atom. The predicted molar refractivity (Wildman–Crippen MR) is 106 cm³/mol. The maximum absolute atomic E-state index is 11.5. The van der Waals surface area contributed by atoms with Gasteiger partial charge in [0.1, 0.15) is 29.6 Å². The number of carboxylic acids is 1. The maximum Gasteiger partial charge on any atom is 0.336 e. The van der Waals surface area contributed by atoms with Crippen LogP contribution in [-0.4, -0.2) is 50.8 Å². The molecule has 0 saturated carbocycles. The van der Waals surface area contributed by atoms with Crippen LogP contribution in [0.4, 0.5) is 0 Å². The van der Waals surface area contributed by atoms with Crippen molar-refractivity contribution >= 4 is 27.9 Å². The van der Waals surface area contributed by atoms with Crippen molar-refractivity contribution in [2.45, 2.75) is 38.1 Å². The Morgan fingerprint density at radius 3 is 2.63 bits per heavy atom. The lowest BCUT2D eigenvalue weighted by Gasteiger charge is -2.30. The number of aliphatic carboxylic acids is 1. The van der Waals surface area contributed by atoms with Gasteiger partial charge in [0.25, 0.3) is 0 Å². The first-order valence-corrected chi connectivity index (χ1v) is 9.15. The lowest BCUT2D eigenvalue weighted by Crippen LogP contribution is -2.45. The Labute approximate surface area is 170 Å². The SMILES string of the molecule is CC(=C[C@H](O)C[C@](C)(O)[C@H](O)COc1c2ccoc2cc2oc(=O)ccc12)C(=O)O. The monoisotopic (exact) mass is 418 g/mol. The summed E-state index contributed by atoms with van der Waals surface area (Å²) in [6.45, 7) is 2.28. The zero-order valence-electron chi connectivity index (χ0n) is 16.4. The molecule has 2 heterocycles. The van der Waals surface area contributed by atoms with Gasteiger partial charge in [0.2, 0.25) is 0 Å². The highest BCUT2D eigenvalue weighted by molar-refractivity contribution is 6.01. The number of carboxylic acid groups (broad SMARTS) is 1. The molecule has 160 valence electrons. The molecule has 0 unspecified atom stereocenters. The summed E-state index contributed by atoms with van der Waals surface area (Å²) >= 11 is 0. The van der Waals surface area contributed by atoms with Crippen molar-refractivity contribution in [3.8, 4) is 5.75 Å². The molecule has 0 aliphatic rings. The first-order valence-electron chi connectivity index (χ1n) is 9.15. The third kappa shape index (κ3) is 4.54. The van der Waals surface area contributed by atoms with E-state index in [-0.39, 0.29) is 24.2 Å². The number of fused-ring (bicyclic) bond motifs is 2. The van der Waals surface area contributed by atoms with Gasteiger partial charge < -0.3 is 34.0 Å². The molecule has 0 spiro atoms. The topological polar surface area (TPSA) is 151 Å². The summed E-state index contributed by atoms with van der Waals surface area (Å²) in [5, 5.41) is 41.0. The first kappa shape index (κ1) is 21.6. The van der Waals surface area contributed by atoms with Crippen LogP contribution in [0.15, 0.2) is 55.8 Å². The van der Waals surface area contributed by atoms with Crippen molar-refractivity contribution in [3.63, 3.8) is 0 Å². The van der Waals surface area contributed by atoms with Crippen LogP contribution >= 0.6 is 0 Å². The molecule has 0 saturated heterocycles. The second-order valence-corrected chi connectivity index (χ2v) is 7.31. The van der Waals surface area contributed by atoms with Crippen molar-refractivity contribution in [2.24, 2.45) is 0 Å². The first-order chi connectivity index (χ1) is 14.1. The molecular weight excluding hydrogens is 396 g/mol. The van der Waals surface area contributed by atoms with Crippen molar-refractivity contribution in [1.29, 1.82) is 0 Å². The normalized spacial score (nSPS) is 16.4. The minimum atomic E-state index is -1.78. The lowest BCUT2D eigenvalue weighted by molar-refractivity contribution is -0.132. The molecule has 0 aliphatic carbocycles. The molecule has 0 aliphatic heterocycles. The quantitative estimate of drug-likeness (QED) is 0.317. The smallest absolute Gasteiger partial charge is 0.336 e. The van der Waals surface area contributed by atoms with E-state index >= 15 is 0 Å². The van der Waals surface area contributed by atoms with Crippen LogP contribution in [0.2, 0.25) is 0 Å². The number of rotatable bonds is 8. The summed E-state index contributed by atoms with van der Waals surface area (Å²) in [6.07, 6.45) is -0.481. The van der Waals surface area contributed by atoms with E-state index in [1.54, 1.807) is 12.1 Å². The molecule has 0 bridgehead atoms. The van der Waals surface area contributed by atoms with E-state index < -0.39 is 29.4 Å². The minimum Gasteiger partial charge on any atom is -0.489 e. The number of hydrogen-bond acceptors (Lipinski definition) is 8. The fraction of sp³-hybridized carbons (Fsp3) is 0.333. The number of furan rings is 1. The second kappa shape index (κ2) is 8.31. The Balaban J connectivity index is 1.81. The fourth-order valence-corrected chi connectivity index (χ4v) is 3.09. The van der Waals surface area contributed by atoms with E-state index in [0.29, 0.717) is 22.1 Å². The second-order valence-electron chi connectivity index (χ2n) is 7.31. The van der Waals surface area contributed by atoms with Gasteiger partial charge in [0.15, 0.2) is 0 Å². The van der Waals surface area contributed by atoms with Gasteiger partial charge in [0.05, 0.1) is 28.7 Å². The molecule has 0 amide bonds. The summed E-state index contributed by atoms with van der Waals surface area (Å²) in [5.74, 6) is -0.888. The number of carbonyl (C=O) groups is 1. The largest absolute Gasteiger partial charge is 0.489 e. The third-order valence-electron chi connectivity index (χ3n) is 4.81. The number of aliphatic hydroxyl groups excluding tert-OH is 2. The van der Waals surface area contributed by atoms with E-state index in [2.05, 4.69) is 0 Å². The Morgan fingerprint density at radius 2 is 1.93 bits per heavy atom. The molecule has 2 aromatic heterocycles. The predicted octanol–water partition coefficient (Wildman–Crippen LogP) is 1.81. The molecule has 3 aromatic rings. The molecular formula is C21H22O9. The molecule has 3 atom stereocenters. The third-order valence-corrected chi connectivity index (χ3v) is 4.81. The standard InChI is InChI=1S/C21H22O9/c1-11(20(25)26)7-12(22)9-21(2,27)17(23)10-29-19-13-3-4-18(24)30-16(13)8-15-14(19)5-6-28-15/h3-8,12,17,22-23,27H,9-10H2,1-2H3,(H,25,26)/t12-,17+,21-/m0/s1. The Bertz CT molecular complexity index is 1150. The zero-order valence-corrected chi connectivity index (χ0v) is 16.4. The molecule has 9 heteroatoms. The van der Waals surface area contributed by atoms with Crippen molar-refractivity contribution in [1.82, 2.24) is 0 Å². The van der Waals surface area contributed by atoms with Crippen molar-refractivity contribution in [3.05, 3.63) is 52.6 Å². The zero-order chi connectivity index (χ0) is 22.1. The molecule has 0 radical (unpaired) electrons. The lowest BCUT2D eigenvalue weighted by atomic mass is 9.91. The van der Waals surface area contributed by atoms with Crippen LogP contribution in [0, 0.1) is 0 Å². The van der Waals surface area contributed by atoms with E-state index in [9.17, 15) is 24.9 Å². The minimum absolute atomic E-state index is 0.0800. The highest BCUT2D eigenvalue weighted by atomic mass is 16.5. The van der Waals surface area contributed by atoms with Crippen LogP contribution in [0.5, 0.6) is 5.75 Å². The molecule has 3 rings (SSSR count). The molecule has 9 nitrogen and oxygen atoms in total. The van der Waals surface area contributed by atoms with Crippen molar-refractivity contribution < 1.29 is 38.8 Å². The highest BCUT2D eigenvalue weighted by Gasteiger charge is 2.33. The van der Waals surface area contributed by atoms with Crippen LogP contribution in [0.25, 0.3) is 21.9 Å². The number of benzene rings is 1. The number of aliphatic hydroxyl groups is 3. The van der Waals surface area contributed by atoms with E-state index in [4.69, 9.17) is 18.7 Å². The van der Waals surface area contributed by atoms with Gasteiger partial charge in [-0.05, 0) is 32.1 Å². The Kier molecular flexibility index (Phi) is 5.97. The maximum atomic E-state index is 11.5. The average Bonchev–Trinajstić information content (AvgIpc) is 3.12. The van der Waals surface area contributed by atoms with Crippen LogP contribution in [0.3, 0.4) is 0 Å². The van der Waals surface area contributed by atoms with Gasteiger partial charge in [-0.15, -0.1) is 0 Å². The summed E-state index contributed by atoms with van der Waals surface area (Å²) in [7, 11) is 0. The molecule has 4 N–H and O–H groups in total. The molecule has 1 aromatic carbocycles. The summed E-state index contributed by atoms with van der Waals surface area (Å²) in [5.41, 5.74) is -1.74. The van der Waals surface area contributed by atoms with Crippen LogP contribution < -0.4 is 10.4 Å². The van der Waals surface area contributed by atoms with E-state index in [1.807, 2.05) is 0 Å². The average molecular weight is 418 g/mol. The van der Waals surface area contributed by atoms with Gasteiger partial charge in [-0.25, -0.2) is 9.59 Å². The molecule has 30 heavy (non-hydrogen) atoms. The summed E-state index contributed by atoms with van der Waals surface area (Å²) < 4.78 is 16.3.